The third-order valence-electron chi connectivity index (χ3n) is 5.36. The number of carbonyl (C=O) groups is 1. The van der Waals surface area contributed by atoms with Crippen LogP contribution in [0.15, 0.2) is 48.5 Å². The maximum atomic E-state index is 12.5. The van der Waals surface area contributed by atoms with Crippen molar-refractivity contribution in [2.45, 2.75) is 25.8 Å². The van der Waals surface area contributed by atoms with Crippen molar-refractivity contribution in [2.75, 3.05) is 32.8 Å². The van der Waals surface area contributed by atoms with Gasteiger partial charge >= 0.3 is 0 Å². The molecule has 4 heteroatoms. The second kappa shape index (κ2) is 7.92. The van der Waals surface area contributed by atoms with E-state index in [2.05, 4.69) is 35.2 Å². The Morgan fingerprint density at radius 2 is 1.77 bits per heavy atom. The van der Waals surface area contributed by atoms with Gasteiger partial charge in [-0.25, -0.2) is 0 Å². The largest absolute Gasteiger partial charge is 0.493 e. The summed E-state index contributed by atoms with van der Waals surface area (Å²) in [5.41, 5.74) is 3.91. The SMILES string of the molecule is O=C(CCc1ccccc1)N1CCN(Cc2ccc3c(c2)CCO3)CC1. The number of fused-ring (bicyclic) bond motifs is 1. The van der Waals surface area contributed by atoms with Gasteiger partial charge in [0.15, 0.2) is 0 Å². The molecule has 0 unspecified atom stereocenters. The average Bonchev–Trinajstić information content (AvgIpc) is 3.15. The van der Waals surface area contributed by atoms with Crippen molar-refractivity contribution in [3.05, 3.63) is 65.2 Å². The molecule has 0 saturated carbocycles. The van der Waals surface area contributed by atoms with Crippen molar-refractivity contribution in [1.29, 1.82) is 0 Å². The minimum absolute atomic E-state index is 0.281. The number of ether oxygens (including phenoxy) is 1. The lowest BCUT2D eigenvalue weighted by molar-refractivity contribution is -0.133. The molecular formula is C22H26N2O2. The summed E-state index contributed by atoms with van der Waals surface area (Å²) >= 11 is 0. The van der Waals surface area contributed by atoms with Crippen LogP contribution >= 0.6 is 0 Å². The van der Waals surface area contributed by atoms with Gasteiger partial charge in [0.05, 0.1) is 6.61 Å². The Kier molecular flexibility index (Phi) is 5.21. The lowest BCUT2D eigenvalue weighted by Crippen LogP contribution is -2.48. The lowest BCUT2D eigenvalue weighted by atomic mass is 10.1. The highest BCUT2D eigenvalue weighted by atomic mass is 16.5. The van der Waals surface area contributed by atoms with Gasteiger partial charge in [-0.15, -0.1) is 0 Å². The molecule has 2 aliphatic heterocycles. The Balaban J connectivity index is 1.24. The fraction of sp³-hybridized carbons (Fsp3) is 0.409. The summed E-state index contributed by atoms with van der Waals surface area (Å²) < 4.78 is 5.58. The minimum atomic E-state index is 0.281. The number of amides is 1. The van der Waals surface area contributed by atoms with Crippen LogP contribution < -0.4 is 4.74 Å². The summed E-state index contributed by atoms with van der Waals surface area (Å²) in [6, 6.07) is 16.8. The zero-order chi connectivity index (χ0) is 17.8. The Bertz CT molecular complexity index is 752. The fourth-order valence-corrected chi connectivity index (χ4v) is 3.81. The number of rotatable bonds is 5. The Morgan fingerprint density at radius 3 is 2.58 bits per heavy atom. The van der Waals surface area contributed by atoms with Crippen LogP contribution in [0, 0.1) is 0 Å². The number of aryl methyl sites for hydroxylation is 1. The first-order valence-electron chi connectivity index (χ1n) is 9.56. The number of hydrogen-bond donors (Lipinski definition) is 0. The summed E-state index contributed by atoms with van der Waals surface area (Å²) in [4.78, 5) is 16.9. The van der Waals surface area contributed by atoms with E-state index in [0.29, 0.717) is 6.42 Å². The van der Waals surface area contributed by atoms with Crippen LogP contribution in [-0.2, 0) is 24.2 Å². The predicted molar refractivity (Wildman–Crippen MR) is 102 cm³/mol. The van der Waals surface area contributed by atoms with Crippen LogP contribution in [0.25, 0.3) is 0 Å². The molecule has 1 fully saturated rings. The third-order valence-corrected chi connectivity index (χ3v) is 5.36. The first kappa shape index (κ1) is 17.1. The highest BCUT2D eigenvalue weighted by Gasteiger charge is 2.21. The van der Waals surface area contributed by atoms with Gasteiger partial charge in [-0.2, -0.15) is 0 Å². The predicted octanol–water partition coefficient (Wildman–Crippen LogP) is 2.90. The summed E-state index contributed by atoms with van der Waals surface area (Å²) in [6.07, 6.45) is 2.46. The molecule has 0 N–H and O–H groups in total. The molecule has 136 valence electrons. The van der Waals surface area contributed by atoms with E-state index in [1.54, 1.807) is 0 Å². The third kappa shape index (κ3) is 4.07. The average molecular weight is 350 g/mol. The van der Waals surface area contributed by atoms with Crippen LogP contribution in [0.1, 0.15) is 23.1 Å². The number of benzene rings is 2. The topological polar surface area (TPSA) is 32.8 Å². The molecule has 1 amide bonds. The Morgan fingerprint density at radius 1 is 0.962 bits per heavy atom. The normalized spacial score (nSPS) is 17.0. The van der Waals surface area contributed by atoms with E-state index in [1.165, 1.54) is 16.7 Å². The summed E-state index contributed by atoms with van der Waals surface area (Å²) in [6.45, 7) is 5.33. The van der Waals surface area contributed by atoms with Crippen LogP contribution in [0.4, 0.5) is 0 Å². The highest BCUT2D eigenvalue weighted by molar-refractivity contribution is 5.76. The fourth-order valence-electron chi connectivity index (χ4n) is 3.81. The van der Waals surface area contributed by atoms with Crippen LogP contribution in [-0.4, -0.2) is 48.5 Å². The van der Waals surface area contributed by atoms with Gasteiger partial charge in [-0.3, -0.25) is 9.69 Å². The molecule has 2 aliphatic rings. The molecule has 0 bridgehead atoms. The molecule has 26 heavy (non-hydrogen) atoms. The molecule has 2 aromatic rings. The van der Waals surface area contributed by atoms with E-state index >= 15 is 0 Å². The number of carbonyl (C=O) groups excluding carboxylic acids is 1. The van der Waals surface area contributed by atoms with Crippen LogP contribution in [0.2, 0.25) is 0 Å². The van der Waals surface area contributed by atoms with E-state index in [0.717, 1.165) is 57.9 Å². The van der Waals surface area contributed by atoms with Gasteiger partial charge in [0.25, 0.3) is 0 Å². The summed E-state index contributed by atoms with van der Waals surface area (Å²) in [5, 5.41) is 0. The van der Waals surface area contributed by atoms with E-state index in [-0.39, 0.29) is 5.91 Å². The standard InChI is InChI=1S/C22H26N2O2/c25-22(9-7-18-4-2-1-3-5-18)24-13-11-23(12-14-24)17-19-6-8-21-20(16-19)10-15-26-21/h1-6,8,16H,7,9-15,17H2. The van der Waals surface area contributed by atoms with Crippen molar-refractivity contribution in [3.63, 3.8) is 0 Å². The molecule has 0 spiro atoms. The zero-order valence-corrected chi connectivity index (χ0v) is 15.2. The smallest absolute Gasteiger partial charge is 0.222 e. The maximum Gasteiger partial charge on any atom is 0.222 e. The summed E-state index contributed by atoms with van der Waals surface area (Å²) in [5.74, 6) is 1.32. The van der Waals surface area contributed by atoms with E-state index in [9.17, 15) is 4.79 Å². The zero-order valence-electron chi connectivity index (χ0n) is 15.2. The molecule has 0 aliphatic carbocycles. The number of nitrogens with zero attached hydrogens (tertiary/aromatic N) is 2. The van der Waals surface area contributed by atoms with Gasteiger partial charge in [0, 0.05) is 45.6 Å². The van der Waals surface area contributed by atoms with Crippen molar-refractivity contribution >= 4 is 5.91 Å². The lowest BCUT2D eigenvalue weighted by Gasteiger charge is -2.35. The van der Waals surface area contributed by atoms with Crippen LogP contribution in [0.3, 0.4) is 0 Å². The molecular weight excluding hydrogens is 324 g/mol. The molecule has 1 saturated heterocycles. The summed E-state index contributed by atoms with van der Waals surface area (Å²) in [7, 11) is 0. The molecule has 0 radical (unpaired) electrons. The molecule has 0 atom stereocenters. The monoisotopic (exact) mass is 350 g/mol. The molecule has 2 aromatic carbocycles. The molecule has 0 aromatic heterocycles. The van der Waals surface area contributed by atoms with Gasteiger partial charge in [0.2, 0.25) is 5.91 Å². The van der Waals surface area contributed by atoms with E-state index in [1.807, 2.05) is 23.1 Å². The first-order chi connectivity index (χ1) is 12.8. The Hall–Kier alpha value is -2.33. The van der Waals surface area contributed by atoms with Crippen LogP contribution in [0.5, 0.6) is 5.75 Å². The van der Waals surface area contributed by atoms with Gasteiger partial charge in [-0.05, 0) is 29.2 Å². The number of piperazine rings is 1. The molecule has 4 rings (SSSR count). The minimum Gasteiger partial charge on any atom is -0.493 e. The van der Waals surface area contributed by atoms with Gasteiger partial charge in [0.1, 0.15) is 5.75 Å². The second-order valence-corrected chi connectivity index (χ2v) is 7.18. The van der Waals surface area contributed by atoms with E-state index < -0.39 is 0 Å². The van der Waals surface area contributed by atoms with E-state index in [4.69, 9.17) is 4.74 Å². The number of hydrogen-bond acceptors (Lipinski definition) is 3. The van der Waals surface area contributed by atoms with Crippen molar-refractivity contribution in [1.82, 2.24) is 9.80 Å². The molecule has 2 heterocycles. The quantitative estimate of drug-likeness (QED) is 0.831. The van der Waals surface area contributed by atoms with Gasteiger partial charge in [-0.1, -0.05) is 42.5 Å². The van der Waals surface area contributed by atoms with Gasteiger partial charge < -0.3 is 9.64 Å². The Labute approximate surface area is 155 Å². The first-order valence-corrected chi connectivity index (χ1v) is 9.56. The van der Waals surface area contributed by atoms with Crippen molar-refractivity contribution < 1.29 is 9.53 Å². The van der Waals surface area contributed by atoms with Crippen molar-refractivity contribution in [3.8, 4) is 5.75 Å². The molecule has 4 nitrogen and oxygen atoms in total. The van der Waals surface area contributed by atoms with Crippen molar-refractivity contribution in [2.24, 2.45) is 0 Å². The maximum absolute atomic E-state index is 12.5. The highest BCUT2D eigenvalue weighted by Crippen LogP contribution is 2.26. The second-order valence-electron chi connectivity index (χ2n) is 7.18.